The van der Waals surface area contributed by atoms with Crippen LogP contribution in [-0.4, -0.2) is 20.1 Å². The van der Waals surface area contributed by atoms with Crippen molar-refractivity contribution in [1.29, 1.82) is 0 Å². The van der Waals surface area contributed by atoms with Crippen LogP contribution >= 0.6 is 11.6 Å². The van der Waals surface area contributed by atoms with Gasteiger partial charge in [-0.25, -0.2) is 13.1 Å². The Labute approximate surface area is 113 Å². The van der Waals surface area contributed by atoms with E-state index in [1.807, 2.05) is 13.8 Å². The van der Waals surface area contributed by atoms with Crippen molar-refractivity contribution in [3.63, 3.8) is 0 Å². The first kappa shape index (κ1) is 15.4. The molecule has 0 bridgehead atoms. The van der Waals surface area contributed by atoms with E-state index >= 15 is 0 Å². The molecule has 0 amide bonds. The fourth-order valence-corrected chi connectivity index (χ4v) is 2.68. The van der Waals surface area contributed by atoms with E-state index < -0.39 is 10.0 Å². The summed E-state index contributed by atoms with van der Waals surface area (Å²) < 4.78 is 26.4. The van der Waals surface area contributed by atoms with Gasteiger partial charge in [-0.15, -0.1) is 0 Å². The minimum absolute atomic E-state index is 0.125. The molecule has 0 aliphatic heterocycles. The molecule has 6 heteroatoms. The molecule has 0 saturated heterocycles. The summed E-state index contributed by atoms with van der Waals surface area (Å²) in [7, 11) is -3.53. The standard InChI is InChI=1S/C12H18ClNO3S/c1-9(2)5-6-14-18(16,17)11-3-4-12(13)10(7-11)8-15/h3-4,7,9,14-15H,5-6,8H2,1-2H3. The van der Waals surface area contributed by atoms with Gasteiger partial charge >= 0.3 is 0 Å². The minimum Gasteiger partial charge on any atom is -0.392 e. The van der Waals surface area contributed by atoms with E-state index in [0.29, 0.717) is 23.0 Å². The molecule has 1 aromatic carbocycles. The first-order chi connectivity index (χ1) is 8.36. The van der Waals surface area contributed by atoms with Gasteiger partial charge in [0.1, 0.15) is 0 Å². The predicted octanol–water partition coefficient (Wildman–Crippen LogP) is 2.16. The lowest BCUT2D eigenvalue weighted by Gasteiger charge is -2.09. The maximum atomic E-state index is 12.0. The molecular weight excluding hydrogens is 274 g/mol. The smallest absolute Gasteiger partial charge is 0.240 e. The summed E-state index contributed by atoms with van der Waals surface area (Å²) in [5.41, 5.74) is 0.406. The highest BCUT2D eigenvalue weighted by Crippen LogP contribution is 2.20. The van der Waals surface area contributed by atoms with Crippen LogP contribution in [0.2, 0.25) is 5.02 Å². The van der Waals surface area contributed by atoms with Crippen molar-refractivity contribution < 1.29 is 13.5 Å². The molecule has 1 aromatic rings. The van der Waals surface area contributed by atoms with E-state index in [-0.39, 0.29) is 11.5 Å². The van der Waals surface area contributed by atoms with Crippen molar-refractivity contribution >= 4 is 21.6 Å². The fourth-order valence-electron chi connectivity index (χ4n) is 1.40. The number of hydrogen-bond acceptors (Lipinski definition) is 3. The molecule has 0 unspecified atom stereocenters. The van der Waals surface area contributed by atoms with Gasteiger partial charge in [0.05, 0.1) is 11.5 Å². The minimum atomic E-state index is -3.53. The molecule has 0 spiro atoms. The van der Waals surface area contributed by atoms with Crippen molar-refractivity contribution in [2.75, 3.05) is 6.54 Å². The van der Waals surface area contributed by atoms with Gasteiger partial charge in [0.15, 0.2) is 0 Å². The second-order valence-corrected chi connectivity index (χ2v) is 6.67. The van der Waals surface area contributed by atoms with Crippen LogP contribution in [0.1, 0.15) is 25.8 Å². The number of benzene rings is 1. The number of hydrogen-bond donors (Lipinski definition) is 2. The third-order valence-electron chi connectivity index (χ3n) is 2.51. The first-order valence-corrected chi connectivity index (χ1v) is 7.62. The normalized spacial score (nSPS) is 12.1. The largest absolute Gasteiger partial charge is 0.392 e. The van der Waals surface area contributed by atoms with E-state index in [1.54, 1.807) is 0 Å². The van der Waals surface area contributed by atoms with Crippen molar-refractivity contribution in [1.82, 2.24) is 4.72 Å². The summed E-state index contributed by atoms with van der Waals surface area (Å²) in [6.07, 6.45) is 0.777. The maximum Gasteiger partial charge on any atom is 0.240 e. The molecule has 0 heterocycles. The lowest BCUT2D eigenvalue weighted by molar-refractivity contribution is 0.281. The molecule has 0 radical (unpaired) electrons. The zero-order valence-corrected chi connectivity index (χ0v) is 12.1. The fraction of sp³-hybridized carbons (Fsp3) is 0.500. The molecule has 102 valence electrons. The summed E-state index contributed by atoms with van der Waals surface area (Å²) in [6, 6.07) is 4.29. The first-order valence-electron chi connectivity index (χ1n) is 5.75. The summed E-state index contributed by atoms with van der Waals surface area (Å²) in [5, 5.41) is 9.42. The Morgan fingerprint density at radius 2 is 2.06 bits per heavy atom. The Bertz CT molecular complexity index is 500. The molecular formula is C12H18ClNO3S. The van der Waals surface area contributed by atoms with Gasteiger partial charge in [-0.2, -0.15) is 0 Å². The molecule has 0 aromatic heterocycles. The molecule has 2 N–H and O–H groups in total. The van der Waals surface area contributed by atoms with Crippen LogP contribution in [0.3, 0.4) is 0 Å². The van der Waals surface area contributed by atoms with E-state index in [1.165, 1.54) is 18.2 Å². The van der Waals surface area contributed by atoms with Crippen LogP contribution in [0.4, 0.5) is 0 Å². The quantitative estimate of drug-likeness (QED) is 0.844. The number of nitrogens with one attached hydrogen (secondary N) is 1. The number of halogens is 1. The van der Waals surface area contributed by atoms with E-state index in [2.05, 4.69) is 4.72 Å². The van der Waals surface area contributed by atoms with Crippen LogP contribution in [0, 0.1) is 5.92 Å². The number of aliphatic hydroxyl groups excluding tert-OH is 1. The van der Waals surface area contributed by atoms with Crippen molar-refractivity contribution in [3.8, 4) is 0 Å². The average Bonchev–Trinajstić information content (AvgIpc) is 2.28. The van der Waals surface area contributed by atoms with Crippen LogP contribution in [-0.2, 0) is 16.6 Å². The lowest BCUT2D eigenvalue weighted by Crippen LogP contribution is -2.25. The Hall–Kier alpha value is -0.620. The van der Waals surface area contributed by atoms with Crippen molar-refractivity contribution in [3.05, 3.63) is 28.8 Å². The molecule has 0 aliphatic rings. The average molecular weight is 292 g/mol. The van der Waals surface area contributed by atoms with Gasteiger partial charge in [-0.1, -0.05) is 25.4 Å². The number of aliphatic hydroxyl groups is 1. The van der Waals surface area contributed by atoms with Crippen LogP contribution in [0.5, 0.6) is 0 Å². The van der Waals surface area contributed by atoms with E-state index in [0.717, 1.165) is 6.42 Å². The van der Waals surface area contributed by atoms with Gasteiger partial charge in [-0.05, 0) is 36.1 Å². The SMILES string of the molecule is CC(C)CCNS(=O)(=O)c1ccc(Cl)c(CO)c1. The van der Waals surface area contributed by atoms with Gasteiger partial charge in [-0.3, -0.25) is 0 Å². The molecule has 0 saturated carbocycles. The summed E-state index contributed by atoms with van der Waals surface area (Å²) in [6.45, 7) is 4.17. The highest BCUT2D eigenvalue weighted by atomic mass is 35.5. The summed E-state index contributed by atoms with van der Waals surface area (Å²) in [5.74, 6) is 0.436. The van der Waals surface area contributed by atoms with Crippen LogP contribution < -0.4 is 4.72 Å². The van der Waals surface area contributed by atoms with Crippen molar-refractivity contribution in [2.45, 2.75) is 31.8 Å². The molecule has 1 rings (SSSR count). The maximum absolute atomic E-state index is 12.0. The summed E-state index contributed by atoms with van der Waals surface area (Å²) >= 11 is 5.82. The molecule has 0 atom stereocenters. The Balaban J connectivity index is 2.85. The highest BCUT2D eigenvalue weighted by molar-refractivity contribution is 7.89. The van der Waals surface area contributed by atoms with E-state index in [4.69, 9.17) is 16.7 Å². The lowest BCUT2D eigenvalue weighted by atomic mass is 10.1. The monoisotopic (exact) mass is 291 g/mol. The van der Waals surface area contributed by atoms with Crippen LogP contribution in [0.25, 0.3) is 0 Å². The van der Waals surface area contributed by atoms with Gasteiger partial charge in [0.25, 0.3) is 0 Å². The third-order valence-corrected chi connectivity index (χ3v) is 4.34. The molecule has 18 heavy (non-hydrogen) atoms. The topological polar surface area (TPSA) is 66.4 Å². The second kappa shape index (κ2) is 6.52. The third kappa shape index (κ3) is 4.24. The predicted molar refractivity (Wildman–Crippen MR) is 72.0 cm³/mol. The van der Waals surface area contributed by atoms with Gasteiger partial charge in [0.2, 0.25) is 10.0 Å². The van der Waals surface area contributed by atoms with Crippen LogP contribution in [0.15, 0.2) is 23.1 Å². The summed E-state index contributed by atoms with van der Waals surface area (Å²) in [4.78, 5) is 0.125. The number of rotatable bonds is 6. The van der Waals surface area contributed by atoms with Gasteiger partial charge in [0, 0.05) is 11.6 Å². The zero-order valence-electron chi connectivity index (χ0n) is 10.5. The molecule has 0 fully saturated rings. The van der Waals surface area contributed by atoms with E-state index in [9.17, 15) is 8.42 Å². The van der Waals surface area contributed by atoms with Crippen molar-refractivity contribution in [2.24, 2.45) is 5.92 Å². The molecule has 0 aliphatic carbocycles. The number of sulfonamides is 1. The molecule has 4 nitrogen and oxygen atoms in total. The zero-order chi connectivity index (χ0) is 13.8. The second-order valence-electron chi connectivity index (χ2n) is 4.49. The van der Waals surface area contributed by atoms with Gasteiger partial charge < -0.3 is 5.11 Å². The highest BCUT2D eigenvalue weighted by Gasteiger charge is 2.15. The Morgan fingerprint density at radius 1 is 1.39 bits per heavy atom. The Morgan fingerprint density at radius 3 is 2.61 bits per heavy atom. The Kier molecular flexibility index (Phi) is 5.59.